The van der Waals surface area contributed by atoms with Crippen molar-refractivity contribution in [3.63, 3.8) is 0 Å². The molecule has 1 amide bonds. The number of amides is 1. The average molecular weight is 267 g/mol. The molecule has 0 spiro atoms. The van der Waals surface area contributed by atoms with Crippen LogP contribution >= 0.6 is 0 Å². The van der Waals surface area contributed by atoms with Crippen molar-refractivity contribution in [3.05, 3.63) is 65.2 Å². The standard InChI is InChI=1S/C16H13NO3/c18-10-12-7-5-11(6-8-12)9-17-14-4-2-1-3-13(14)15(19)16(17)20/h1-8,18H,9-10H2. The van der Waals surface area contributed by atoms with Crippen molar-refractivity contribution in [2.45, 2.75) is 13.2 Å². The van der Waals surface area contributed by atoms with E-state index >= 15 is 0 Å². The summed E-state index contributed by atoms with van der Waals surface area (Å²) in [6, 6.07) is 14.3. The van der Waals surface area contributed by atoms with Crippen LogP contribution < -0.4 is 4.90 Å². The van der Waals surface area contributed by atoms with Gasteiger partial charge in [0.2, 0.25) is 0 Å². The molecule has 0 bridgehead atoms. The first-order valence-corrected chi connectivity index (χ1v) is 6.34. The predicted molar refractivity (Wildman–Crippen MR) is 74.3 cm³/mol. The van der Waals surface area contributed by atoms with Crippen LogP contribution in [0.15, 0.2) is 48.5 Å². The van der Waals surface area contributed by atoms with Crippen molar-refractivity contribution in [2.75, 3.05) is 4.90 Å². The molecule has 4 nitrogen and oxygen atoms in total. The van der Waals surface area contributed by atoms with Crippen LogP contribution in [0.2, 0.25) is 0 Å². The van der Waals surface area contributed by atoms with Crippen LogP contribution in [0, 0.1) is 0 Å². The van der Waals surface area contributed by atoms with Crippen LogP contribution in [0.1, 0.15) is 21.5 Å². The van der Waals surface area contributed by atoms with E-state index in [2.05, 4.69) is 0 Å². The molecule has 0 radical (unpaired) electrons. The summed E-state index contributed by atoms with van der Waals surface area (Å²) < 4.78 is 0. The summed E-state index contributed by atoms with van der Waals surface area (Å²) in [5.74, 6) is -0.940. The van der Waals surface area contributed by atoms with Crippen molar-refractivity contribution < 1.29 is 14.7 Å². The normalized spacial score (nSPS) is 13.8. The summed E-state index contributed by atoms with van der Waals surface area (Å²) in [5, 5.41) is 9.01. The van der Waals surface area contributed by atoms with Crippen LogP contribution in [0.3, 0.4) is 0 Å². The summed E-state index contributed by atoms with van der Waals surface area (Å²) in [6.07, 6.45) is 0. The Morgan fingerprint density at radius 1 is 0.900 bits per heavy atom. The Labute approximate surface area is 116 Å². The minimum atomic E-state index is -0.488. The van der Waals surface area contributed by atoms with E-state index in [0.717, 1.165) is 11.1 Å². The number of fused-ring (bicyclic) bond motifs is 1. The third-order valence-electron chi connectivity index (χ3n) is 3.43. The van der Waals surface area contributed by atoms with E-state index in [1.54, 1.807) is 18.2 Å². The van der Waals surface area contributed by atoms with Gasteiger partial charge < -0.3 is 10.0 Å². The minimum absolute atomic E-state index is 0.00968. The second-order valence-electron chi connectivity index (χ2n) is 4.71. The van der Waals surface area contributed by atoms with E-state index in [9.17, 15) is 9.59 Å². The maximum Gasteiger partial charge on any atom is 0.299 e. The summed E-state index contributed by atoms with van der Waals surface area (Å²) in [4.78, 5) is 25.4. The fourth-order valence-electron chi connectivity index (χ4n) is 2.34. The monoisotopic (exact) mass is 267 g/mol. The van der Waals surface area contributed by atoms with E-state index < -0.39 is 11.7 Å². The van der Waals surface area contributed by atoms with Crippen LogP contribution in [0.4, 0.5) is 5.69 Å². The highest BCUT2D eigenvalue weighted by molar-refractivity contribution is 6.52. The zero-order chi connectivity index (χ0) is 14.1. The van der Waals surface area contributed by atoms with Crippen molar-refractivity contribution in [1.29, 1.82) is 0 Å². The fraction of sp³-hybridized carbons (Fsp3) is 0.125. The molecule has 100 valence electrons. The quantitative estimate of drug-likeness (QED) is 0.864. The van der Waals surface area contributed by atoms with Gasteiger partial charge >= 0.3 is 0 Å². The number of carbonyl (C=O) groups is 2. The van der Waals surface area contributed by atoms with Gasteiger partial charge in [-0.2, -0.15) is 0 Å². The molecule has 0 aromatic heterocycles. The molecule has 0 saturated carbocycles. The van der Waals surface area contributed by atoms with Crippen molar-refractivity contribution in [2.24, 2.45) is 0 Å². The van der Waals surface area contributed by atoms with E-state index in [4.69, 9.17) is 5.11 Å². The lowest BCUT2D eigenvalue weighted by Gasteiger charge is -2.16. The van der Waals surface area contributed by atoms with E-state index in [-0.39, 0.29) is 6.61 Å². The van der Waals surface area contributed by atoms with Crippen LogP contribution in [0.25, 0.3) is 0 Å². The van der Waals surface area contributed by atoms with E-state index in [1.165, 1.54) is 4.90 Å². The number of rotatable bonds is 3. The molecular formula is C16H13NO3. The van der Waals surface area contributed by atoms with Gasteiger partial charge in [-0.15, -0.1) is 0 Å². The molecule has 0 fully saturated rings. The van der Waals surface area contributed by atoms with Crippen molar-refractivity contribution in [1.82, 2.24) is 0 Å². The van der Waals surface area contributed by atoms with Gasteiger partial charge in [-0.05, 0) is 23.3 Å². The first-order valence-electron chi connectivity index (χ1n) is 6.34. The Bertz CT molecular complexity index is 676. The molecule has 0 saturated heterocycles. The Kier molecular flexibility index (Phi) is 3.08. The number of carbonyl (C=O) groups excluding carboxylic acids is 2. The van der Waals surface area contributed by atoms with Gasteiger partial charge in [-0.25, -0.2) is 0 Å². The van der Waals surface area contributed by atoms with Gasteiger partial charge in [-0.3, -0.25) is 9.59 Å². The van der Waals surface area contributed by atoms with Gasteiger partial charge in [0.1, 0.15) is 0 Å². The molecule has 2 aromatic rings. The Morgan fingerprint density at radius 2 is 1.55 bits per heavy atom. The second kappa shape index (κ2) is 4.90. The number of ketones is 1. The number of para-hydroxylation sites is 1. The number of nitrogens with zero attached hydrogens (tertiary/aromatic N) is 1. The van der Waals surface area contributed by atoms with Crippen molar-refractivity contribution >= 4 is 17.4 Å². The predicted octanol–water partition coefficient (Wildman–Crippen LogP) is 1.91. The molecule has 2 aromatic carbocycles. The van der Waals surface area contributed by atoms with Gasteiger partial charge in [-0.1, -0.05) is 36.4 Å². The number of aliphatic hydroxyl groups is 1. The highest BCUT2D eigenvalue weighted by Gasteiger charge is 2.35. The van der Waals surface area contributed by atoms with Crippen molar-refractivity contribution in [3.8, 4) is 0 Å². The molecule has 1 aliphatic heterocycles. The van der Waals surface area contributed by atoms with Gasteiger partial charge in [0.25, 0.3) is 11.7 Å². The maximum absolute atomic E-state index is 12.0. The summed E-state index contributed by atoms with van der Waals surface area (Å²) in [6.45, 7) is 0.345. The SMILES string of the molecule is O=C1C(=O)N(Cc2ccc(CO)cc2)c2ccccc21. The first-order chi connectivity index (χ1) is 9.70. The number of benzene rings is 2. The summed E-state index contributed by atoms with van der Waals surface area (Å²) in [7, 11) is 0. The van der Waals surface area contributed by atoms with E-state index in [1.807, 2.05) is 30.3 Å². The lowest BCUT2D eigenvalue weighted by Crippen LogP contribution is -2.29. The summed E-state index contributed by atoms with van der Waals surface area (Å²) >= 11 is 0. The molecule has 1 aliphatic rings. The Hall–Kier alpha value is -2.46. The molecule has 20 heavy (non-hydrogen) atoms. The molecule has 4 heteroatoms. The Balaban J connectivity index is 1.90. The number of anilines is 1. The van der Waals surface area contributed by atoms with E-state index in [0.29, 0.717) is 17.8 Å². The third-order valence-corrected chi connectivity index (χ3v) is 3.43. The zero-order valence-corrected chi connectivity index (χ0v) is 10.7. The average Bonchev–Trinajstić information content (AvgIpc) is 2.74. The number of hydrogen-bond donors (Lipinski definition) is 1. The van der Waals surface area contributed by atoms with Gasteiger partial charge in [0.15, 0.2) is 0 Å². The smallest absolute Gasteiger partial charge is 0.299 e. The molecule has 0 atom stereocenters. The maximum atomic E-state index is 12.0. The minimum Gasteiger partial charge on any atom is -0.392 e. The highest BCUT2D eigenvalue weighted by Crippen LogP contribution is 2.29. The van der Waals surface area contributed by atoms with Gasteiger partial charge in [0, 0.05) is 0 Å². The molecule has 3 rings (SSSR count). The molecule has 0 unspecified atom stereocenters. The molecule has 0 aliphatic carbocycles. The zero-order valence-electron chi connectivity index (χ0n) is 10.7. The van der Waals surface area contributed by atoms with Crippen LogP contribution in [0.5, 0.6) is 0 Å². The van der Waals surface area contributed by atoms with Gasteiger partial charge in [0.05, 0.1) is 24.4 Å². The topological polar surface area (TPSA) is 57.6 Å². The second-order valence-corrected chi connectivity index (χ2v) is 4.71. The van der Waals surface area contributed by atoms with Crippen LogP contribution in [-0.4, -0.2) is 16.8 Å². The fourth-order valence-corrected chi connectivity index (χ4v) is 2.34. The molecular weight excluding hydrogens is 254 g/mol. The number of aliphatic hydroxyl groups excluding tert-OH is 1. The molecule has 1 N–H and O–H groups in total. The molecule has 1 heterocycles. The Morgan fingerprint density at radius 3 is 2.25 bits per heavy atom. The largest absolute Gasteiger partial charge is 0.392 e. The third kappa shape index (κ3) is 2.00. The number of hydrogen-bond acceptors (Lipinski definition) is 3. The lowest BCUT2D eigenvalue weighted by atomic mass is 10.1. The number of Topliss-reactive ketones (excluding diaryl/α,β-unsaturated/α-hetero) is 1. The first kappa shape index (κ1) is 12.6. The van der Waals surface area contributed by atoms with Crippen LogP contribution in [-0.2, 0) is 17.9 Å². The summed E-state index contributed by atoms with van der Waals surface area (Å²) in [5.41, 5.74) is 2.86. The lowest BCUT2D eigenvalue weighted by molar-refractivity contribution is -0.114. The highest BCUT2D eigenvalue weighted by atomic mass is 16.3.